The van der Waals surface area contributed by atoms with Crippen molar-refractivity contribution in [3.63, 3.8) is 0 Å². The molecule has 2 aromatic heterocycles. The maximum atomic E-state index is 8.78. The molecule has 0 atom stereocenters. The van der Waals surface area contributed by atoms with E-state index in [0.717, 1.165) is 22.6 Å². The van der Waals surface area contributed by atoms with Gasteiger partial charge in [-0.05, 0) is 18.6 Å². The third kappa shape index (κ3) is 1.92. The Bertz CT molecular complexity index is 557. The van der Waals surface area contributed by atoms with Crippen molar-refractivity contribution in [1.82, 2.24) is 9.97 Å². The van der Waals surface area contributed by atoms with Crippen LogP contribution in [0, 0.1) is 11.3 Å². The number of nitriles is 1. The SMILES string of the molecule is CCc1c(Cl)ncnc1-c1ccc(C#N)s1. The highest BCUT2D eigenvalue weighted by atomic mass is 35.5. The van der Waals surface area contributed by atoms with Gasteiger partial charge >= 0.3 is 0 Å². The van der Waals surface area contributed by atoms with Crippen molar-refractivity contribution in [2.45, 2.75) is 13.3 Å². The van der Waals surface area contributed by atoms with E-state index in [-0.39, 0.29) is 0 Å². The molecule has 0 radical (unpaired) electrons. The molecule has 2 rings (SSSR count). The Morgan fingerprint density at radius 3 is 2.88 bits per heavy atom. The highest BCUT2D eigenvalue weighted by molar-refractivity contribution is 7.16. The number of halogens is 1. The molecule has 80 valence electrons. The second-order valence-corrected chi connectivity index (χ2v) is 4.56. The smallest absolute Gasteiger partial charge is 0.136 e. The van der Waals surface area contributed by atoms with Crippen molar-refractivity contribution in [1.29, 1.82) is 5.26 Å². The summed E-state index contributed by atoms with van der Waals surface area (Å²) < 4.78 is 0. The van der Waals surface area contributed by atoms with E-state index < -0.39 is 0 Å². The minimum atomic E-state index is 0.486. The Labute approximate surface area is 102 Å². The Morgan fingerprint density at radius 1 is 1.44 bits per heavy atom. The summed E-state index contributed by atoms with van der Waals surface area (Å²) in [5.41, 5.74) is 1.75. The number of hydrogen-bond donors (Lipinski definition) is 0. The number of thiophene rings is 1. The van der Waals surface area contributed by atoms with Crippen molar-refractivity contribution in [2.75, 3.05) is 0 Å². The molecular weight excluding hydrogens is 242 g/mol. The van der Waals surface area contributed by atoms with E-state index in [9.17, 15) is 0 Å². The van der Waals surface area contributed by atoms with Gasteiger partial charge in [0.25, 0.3) is 0 Å². The molecule has 0 aliphatic heterocycles. The fourth-order valence-electron chi connectivity index (χ4n) is 1.44. The van der Waals surface area contributed by atoms with Gasteiger partial charge < -0.3 is 0 Å². The summed E-state index contributed by atoms with van der Waals surface area (Å²) in [6.07, 6.45) is 2.22. The Balaban J connectivity index is 2.56. The number of rotatable bonds is 2. The molecule has 0 bridgehead atoms. The van der Waals surface area contributed by atoms with E-state index in [4.69, 9.17) is 16.9 Å². The minimum absolute atomic E-state index is 0.486. The summed E-state index contributed by atoms with van der Waals surface area (Å²) in [6, 6.07) is 5.79. The first-order valence-electron chi connectivity index (χ1n) is 4.76. The molecule has 0 fully saturated rings. The largest absolute Gasteiger partial charge is 0.235 e. The molecule has 0 saturated heterocycles. The average molecular weight is 250 g/mol. The van der Waals surface area contributed by atoms with Crippen LogP contribution in [0.1, 0.15) is 17.4 Å². The summed E-state index contributed by atoms with van der Waals surface area (Å²) in [4.78, 5) is 9.82. The Kier molecular flexibility index (Phi) is 3.18. The van der Waals surface area contributed by atoms with Crippen LogP contribution < -0.4 is 0 Å². The van der Waals surface area contributed by atoms with Gasteiger partial charge in [-0.1, -0.05) is 18.5 Å². The standard InChI is InChI=1S/C11H8ClN3S/c1-2-8-10(14-6-15-11(8)12)9-4-3-7(5-13)16-9/h3-4,6H,2H2,1H3. The molecule has 5 heteroatoms. The lowest BCUT2D eigenvalue weighted by molar-refractivity contribution is 1.05. The van der Waals surface area contributed by atoms with Gasteiger partial charge in [0.2, 0.25) is 0 Å². The Hall–Kier alpha value is -1.44. The first-order valence-corrected chi connectivity index (χ1v) is 5.95. The molecule has 2 heterocycles. The maximum Gasteiger partial charge on any atom is 0.136 e. The third-order valence-electron chi connectivity index (χ3n) is 2.20. The molecule has 0 N–H and O–H groups in total. The van der Waals surface area contributed by atoms with Gasteiger partial charge in [-0.15, -0.1) is 11.3 Å². The second-order valence-electron chi connectivity index (χ2n) is 3.12. The van der Waals surface area contributed by atoms with Crippen LogP contribution in [0.15, 0.2) is 18.5 Å². The van der Waals surface area contributed by atoms with Crippen LogP contribution in [0.2, 0.25) is 5.15 Å². The van der Waals surface area contributed by atoms with Crippen LogP contribution in [0.5, 0.6) is 0 Å². The molecular formula is C11H8ClN3S. The van der Waals surface area contributed by atoms with Crippen LogP contribution in [-0.4, -0.2) is 9.97 Å². The molecule has 0 unspecified atom stereocenters. The first-order chi connectivity index (χ1) is 7.76. The second kappa shape index (κ2) is 4.60. The van der Waals surface area contributed by atoms with Crippen LogP contribution in [0.3, 0.4) is 0 Å². The highest BCUT2D eigenvalue weighted by Crippen LogP contribution is 2.31. The highest BCUT2D eigenvalue weighted by Gasteiger charge is 2.11. The summed E-state index contributed by atoms with van der Waals surface area (Å²) in [5, 5.41) is 9.27. The van der Waals surface area contributed by atoms with Gasteiger partial charge in [-0.3, -0.25) is 0 Å². The number of nitrogens with zero attached hydrogens (tertiary/aromatic N) is 3. The van der Waals surface area contributed by atoms with E-state index in [0.29, 0.717) is 10.0 Å². The summed E-state index contributed by atoms with van der Waals surface area (Å²) in [5.74, 6) is 0. The lowest BCUT2D eigenvalue weighted by atomic mass is 10.1. The van der Waals surface area contributed by atoms with Crippen molar-refractivity contribution in [3.05, 3.63) is 34.1 Å². The number of aromatic nitrogens is 2. The first kappa shape index (κ1) is 11.1. The molecule has 0 amide bonds. The van der Waals surface area contributed by atoms with E-state index in [1.54, 1.807) is 6.07 Å². The van der Waals surface area contributed by atoms with Gasteiger partial charge in [0.15, 0.2) is 0 Å². The van der Waals surface area contributed by atoms with Crippen LogP contribution in [0.4, 0.5) is 0 Å². The lowest BCUT2D eigenvalue weighted by Crippen LogP contribution is -1.93. The van der Waals surface area contributed by atoms with Gasteiger partial charge in [-0.2, -0.15) is 5.26 Å². The quantitative estimate of drug-likeness (QED) is 0.768. The van der Waals surface area contributed by atoms with Gasteiger partial charge in [0.05, 0.1) is 10.6 Å². The predicted molar refractivity (Wildman–Crippen MR) is 64.4 cm³/mol. The van der Waals surface area contributed by atoms with Gasteiger partial charge in [-0.25, -0.2) is 9.97 Å². The van der Waals surface area contributed by atoms with Crippen molar-refractivity contribution in [3.8, 4) is 16.6 Å². The molecule has 16 heavy (non-hydrogen) atoms. The number of hydrogen-bond acceptors (Lipinski definition) is 4. The third-order valence-corrected chi connectivity index (χ3v) is 3.52. The molecule has 3 nitrogen and oxygen atoms in total. The monoisotopic (exact) mass is 249 g/mol. The van der Waals surface area contributed by atoms with Gasteiger partial charge in [0.1, 0.15) is 22.4 Å². The van der Waals surface area contributed by atoms with Crippen molar-refractivity contribution >= 4 is 22.9 Å². The van der Waals surface area contributed by atoms with Gasteiger partial charge in [0, 0.05) is 5.56 Å². The average Bonchev–Trinajstić information content (AvgIpc) is 2.77. The zero-order valence-electron chi connectivity index (χ0n) is 8.57. The molecule has 0 aliphatic carbocycles. The summed E-state index contributed by atoms with van der Waals surface area (Å²) in [7, 11) is 0. The fourth-order valence-corrected chi connectivity index (χ4v) is 2.54. The Morgan fingerprint density at radius 2 is 2.25 bits per heavy atom. The molecule has 0 aromatic carbocycles. The van der Waals surface area contributed by atoms with Crippen molar-refractivity contribution in [2.24, 2.45) is 0 Å². The summed E-state index contributed by atoms with van der Waals surface area (Å²) in [6.45, 7) is 2.01. The van der Waals surface area contributed by atoms with E-state index >= 15 is 0 Å². The zero-order chi connectivity index (χ0) is 11.5. The summed E-state index contributed by atoms with van der Waals surface area (Å²) >= 11 is 7.42. The normalized spacial score (nSPS) is 10.1. The van der Waals surface area contributed by atoms with Crippen LogP contribution >= 0.6 is 22.9 Å². The predicted octanol–water partition coefficient (Wildman–Crippen LogP) is 3.29. The van der Waals surface area contributed by atoms with Crippen LogP contribution in [0.25, 0.3) is 10.6 Å². The molecule has 0 spiro atoms. The molecule has 0 aliphatic rings. The molecule has 2 aromatic rings. The fraction of sp³-hybridized carbons (Fsp3) is 0.182. The van der Waals surface area contributed by atoms with E-state index in [2.05, 4.69) is 16.0 Å². The van der Waals surface area contributed by atoms with Crippen molar-refractivity contribution < 1.29 is 0 Å². The van der Waals surface area contributed by atoms with E-state index in [1.807, 2.05) is 13.0 Å². The topological polar surface area (TPSA) is 49.6 Å². The molecule has 0 saturated carbocycles. The zero-order valence-corrected chi connectivity index (χ0v) is 10.1. The van der Waals surface area contributed by atoms with Crippen LogP contribution in [-0.2, 0) is 6.42 Å². The minimum Gasteiger partial charge on any atom is -0.235 e. The maximum absolute atomic E-state index is 8.78. The van der Waals surface area contributed by atoms with E-state index in [1.165, 1.54) is 17.7 Å². The lowest BCUT2D eigenvalue weighted by Gasteiger charge is -2.04.